The van der Waals surface area contributed by atoms with Crippen LogP contribution >= 0.6 is 11.6 Å². The zero-order valence-corrected chi connectivity index (χ0v) is 19.8. The van der Waals surface area contributed by atoms with Gasteiger partial charge >= 0.3 is 5.97 Å². The summed E-state index contributed by atoms with van der Waals surface area (Å²) in [4.78, 5) is 27.6. The summed E-state index contributed by atoms with van der Waals surface area (Å²) < 4.78 is 5.85. The number of carboxylic acid groups (broad SMARTS) is 1. The van der Waals surface area contributed by atoms with Gasteiger partial charge in [-0.25, -0.2) is 4.98 Å². The quantitative estimate of drug-likeness (QED) is 0.283. The van der Waals surface area contributed by atoms with Crippen molar-refractivity contribution in [2.75, 3.05) is 5.32 Å². The van der Waals surface area contributed by atoms with Crippen LogP contribution in [0, 0.1) is 0 Å². The molecular formula is C28H25ClN2O4. The molecular weight excluding hydrogens is 464 g/mol. The van der Waals surface area contributed by atoms with Crippen molar-refractivity contribution in [3.63, 3.8) is 0 Å². The number of hydrogen-bond acceptors (Lipinski definition) is 4. The van der Waals surface area contributed by atoms with Gasteiger partial charge in [0, 0.05) is 22.5 Å². The van der Waals surface area contributed by atoms with Crippen LogP contribution in [0.15, 0.2) is 78.9 Å². The molecule has 0 bridgehead atoms. The van der Waals surface area contributed by atoms with Gasteiger partial charge in [0.05, 0.1) is 17.6 Å². The van der Waals surface area contributed by atoms with Crippen LogP contribution in [0.3, 0.4) is 0 Å². The van der Waals surface area contributed by atoms with E-state index in [0.29, 0.717) is 35.9 Å². The van der Waals surface area contributed by atoms with Gasteiger partial charge in [-0.3, -0.25) is 9.59 Å². The van der Waals surface area contributed by atoms with E-state index in [1.807, 2.05) is 78.9 Å². The third-order valence-corrected chi connectivity index (χ3v) is 5.72. The summed E-state index contributed by atoms with van der Waals surface area (Å²) >= 11 is 6.06. The summed E-state index contributed by atoms with van der Waals surface area (Å²) in [5.74, 6) is -0.210. The smallest absolute Gasteiger partial charge is 0.303 e. The predicted octanol–water partition coefficient (Wildman–Crippen LogP) is 6.06. The molecule has 4 aromatic rings. The third-order valence-electron chi connectivity index (χ3n) is 5.48. The summed E-state index contributed by atoms with van der Waals surface area (Å²) in [5, 5.41) is 13.3. The molecule has 0 fully saturated rings. The first kappa shape index (κ1) is 24.2. The lowest BCUT2D eigenvalue weighted by Crippen LogP contribution is -2.14. The Morgan fingerprint density at radius 3 is 2.37 bits per heavy atom. The van der Waals surface area contributed by atoms with E-state index in [-0.39, 0.29) is 18.7 Å². The van der Waals surface area contributed by atoms with E-state index in [9.17, 15) is 9.59 Å². The number of aryl methyl sites for hydroxylation is 1. The Balaban J connectivity index is 1.25. The summed E-state index contributed by atoms with van der Waals surface area (Å²) in [7, 11) is 0. The van der Waals surface area contributed by atoms with Gasteiger partial charge in [-0.2, -0.15) is 0 Å². The molecule has 0 aliphatic carbocycles. The fourth-order valence-electron chi connectivity index (χ4n) is 3.66. The number of carboxylic acids is 1. The number of rotatable bonds is 10. The summed E-state index contributed by atoms with van der Waals surface area (Å²) in [6.45, 7) is 0.328. The Bertz CT molecular complexity index is 1320. The lowest BCUT2D eigenvalue weighted by atomic mass is 10.1. The number of nitrogens with zero attached hydrogens (tertiary/aromatic N) is 1. The van der Waals surface area contributed by atoms with E-state index < -0.39 is 5.97 Å². The Morgan fingerprint density at radius 2 is 1.63 bits per heavy atom. The van der Waals surface area contributed by atoms with E-state index in [2.05, 4.69) is 10.3 Å². The van der Waals surface area contributed by atoms with E-state index in [1.165, 1.54) is 0 Å². The van der Waals surface area contributed by atoms with Crippen LogP contribution in [0.5, 0.6) is 5.75 Å². The number of pyridine rings is 1. The van der Waals surface area contributed by atoms with Crippen LogP contribution < -0.4 is 10.1 Å². The molecule has 0 atom stereocenters. The maximum atomic E-state index is 12.4. The number of fused-ring (bicyclic) bond motifs is 1. The molecule has 7 heteroatoms. The zero-order valence-electron chi connectivity index (χ0n) is 19.0. The lowest BCUT2D eigenvalue weighted by Gasteiger charge is -2.09. The summed E-state index contributed by atoms with van der Waals surface area (Å²) in [6, 6.07) is 24.4. The molecule has 4 rings (SSSR count). The molecule has 35 heavy (non-hydrogen) atoms. The Morgan fingerprint density at radius 1 is 0.914 bits per heavy atom. The maximum Gasteiger partial charge on any atom is 0.303 e. The van der Waals surface area contributed by atoms with Gasteiger partial charge in [-0.05, 0) is 66.4 Å². The SMILES string of the molecule is O=C(O)CCCc1ccc(NC(=O)Cc2ccc(OCc3ccc4ccc(Cl)cc4n3)cc2)cc1. The second-order valence-corrected chi connectivity index (χ2v) is 8.68. The van der Waals surface area contributed by atoms with Gasteiger partial charge < -0.3 is 15.2 Å². The molecule has 1 heterocycles. The summed E-state index contributed by atoms with van der Waals surface area (Å²) in [6.07, 6.45) is 1.68. The zero-order chi connectivity index (χ0) is 24.6. The molecule has 0 saturated heterocycles. The number of hydrogen-bond donors (Lipinski definition) is 2. The first-order valence-electron chi connectivity index (χ1n) is 11.3. The molecule has 2 N–H and O–H groups in total. The fourth-order valence-corrected chi connectivity index (χ4v) is 3.83. The first-order valence-corrected chi connectivity index (χ1v) is 11.7. The number of amides is 1. The van der Waals surface area contributed by atoms with Gasteiger partial charge in [0.25, 0.3) is 0 Å². The number of aromatic nitrogens is 1. The maximum absolute atomic E-state index is 12.4. The Labute approximate surface area is 208 Å². The summed E-state index contributed by atoms with van der Waals surface area (Å²) in [5.41, 5.74) is 4.26. The van der Waals surface area contributed by atoms with Gasteiger partial charge in [0.15, 0.2) is 0 Å². The van der Waals surface area contributed by atoms with Crippen molar-refractivity contribution in [3.8, 4) is 5.75 Å². The van der Waals surface area contributed by atoms with E-state index in [4.69, 9.17) is 21.4 Å². The Kier molecular flexibility index (Phi) is 7.95. The molecule has 3 aromatic carbocycles. The van der Waals surface area contributed by atoms with Crippen molar-refractivity contribution in [2.45, 2.75) is 32.3 Å². The number of ether oxygens (including phenoxy) is 1. The predicted molar refractivity (Wildman–Crippen MR) is 137 cm³/mol. The number of anilines is 1. The number of benzene rings is 3. The minimum atomic E-state index is -0.791. The van der Waals surface area contributed by atoms with Crippen molar-refractivity contribution in [3.05, 3.63) is 101 Å². The van der Waals surface area contributed by atoms with E-state index >= 15 is 0 Å². The highest BCUT2D eigenvalue weighted by Gasteiger charge is 2.06. The molecule has 1 aromatic heterocycles. The highest BCUT2D eigenvalue weighted by molar-refractivity contribution is 6.31. The number of carbonyl (C=O) groups is 2. The number of nitrogens with one attached hydrogen (secondary N) is 1. The lowest BCUT2D eigenvalue weighted by molar-refractivity contribution is -0.137. The van der Waals surface area contributed by atoms with Crippen molar-refractivity contribution in [2.24, 2.45) is 0 Å². The van der Waals surface area contributed by atoms with Crippen LogP contribution in [0.4, 0.5) is 5.69 Å². The van der Waals surface area contributed by atoms with Crippen molar-refractivity contribution in [1.82, 2.24) is 4.98 Å². The topological polar surface area (TPSA) is 88.5 Å². The normalized spacial score (nSPS) is 10.8. The Hall–Kier alpha value is -3.90. The highest BCUT2D eigenvalue weighted by Crippen LogP contribution is 2.20. The molecule has 0 saturated carbocycles. The second kappa shape index (κ2) is 11.5. The van der Waals surface area contributed by atoms with Gasteiger partial charge in [0.2, 0.25) is 5.91 Å². The van der Waals surface area contributed by atoms with Crippen molar-refractivity contribution < 1.29 is 19.4 Å². The molecule has 1 amide bonds. The monoisotopic (exact) mass is 488 g/mol. The minimum absolute atomic E-state index is 0.115. The van der Waals surface area contributed by atoms with Crippen LogP contribution in [0.1, 0.15) is 29.7 Å². The van der Waals surface area contributed by atoms with Gasteiger partial charge in [-0.1, -0.05) is 48.0 Å². The molecule has 0 aliphatic heterocycles. The number of carbonyl (C=O) groups excluding carboxylic acids is 1. The average Bonchev–Trinajstić information content (AvgIpc) is 2.84. The van der Waals surface area contributed by atoms with E-state index in [0.717, 1.165) is 27.7 Å². The minimum Gasteiger partial charge on any atom is -0.487 e. The first-order chi connectivity index (χ1) is 16.9. The van der Waals surface area contributed by atoms with Gasteiger partial charge in [-0.15, -0.1) is 0 Å². The molecule has 0 aliphatic rings. The average molecular weight is 489 g/mol. The van der Waals surface area contributed by atoms with Crippen LogP contribution in [0.25, 0.3) is 10.9 Å². The molecule has 0 unspecified atom stereocenters. The third kappa shape index (κ3) is 7.29. The van der Waals surface area contributed by atoms with Crippen molar-refractivity contribution >= 4 is 40.1 Å². The molecule has 6 nitrogen and oxygen atoms in total. The van der Waals surface area contributed by atoms with Crippen LogP contribution in [-0.2, 0) is 29.0 Å². The number of halogens is 1. The molecule has 178 valence electrons. The molecule has 0 radical (unpaired) electrons. The largest absolute Gasteiger partial charge is 0.487 e. The van der Waals surface area contributed by atoms with Crippen molar-refractivity contribution in [1.29, 1.82) is 0 Å². The number of aliphatic carboxylic acids is 1. The highest BCUT2D eigenvalue weighted by atomic mass is 35.5. The van der Waals surface area contributed by atoms with Crippen LogP contribution in [-0.4, -0.2) is 22.0 Å². The van der Waals surface area contributed by atoms with Crippen LogP contribution in [0.2, 0.25) is 5.02 Å². The van der Waals surface area contributed by atoms with Gasteiger partial charge in [0.1, 0.15) is 12.4 Å². The standard InChI is InChI=1S/C28H25ClN2O4/c29-22-10-8-21-9-13-24(30-26(21)17-22)18-35-25-14-6-20(7-15-25)16-27(32)31-23-11-4-19(5-12-23)2-1-3-28(33)34/h4-15,17H,1-3,16,18H2,(H,31,32)(H,33,34). The second-order valence-electron chi connectivity index (χ2n) is 8.24. The van der Waals surface area contributed by atoms with E-state index in [1.54, 1.807) is 0 Å². The fraction of sp³-hybridized carbons (Fsp3) is 0.179. The molecule has 0 spiro atoms.